The zero-order chi connectivity index (χ0) is 18.7. The molecule has 1 aromatic heterocycles. The number of ether oxygens (including phenoxy) is 1. The normalized spacial score (nSPS) is 12.0. The predicted molar refractivity (Wildman–Crippen MR) is 99.1 cm³/mol. The highest BCUT2D eigenvalue weighted by atomic mass is 16.5. The Kier molecular flexibility index (Phi) is 5.02. The van der Waals surface area contributed by atoms with Crippen molar-refractivity contribution in [3.63, 3.8) is 0 Å². The number of amides is 1. The third kappa shape index (κ3) is 3.74. The minimum Gasteiger partial charge on any atom is -0.481 e. The summed E-state index contributed by atoms with van der Waals surface area (Å²) in [6.07, 6.45) is -0.659. The van der Waals surface area contributed by atoms with Gasteiger partial charge in [0.2, 0.25) is 0 Å². The average molecular weight is 351 g/mol. The van der Waals surface area contributed by atoms with Gasteiger partial charge in [-0.25, -0.2) is 4.98 Å². The summed E-state index contributed by atoms with van der Waals surface area (Å²) in [5.74, 6) is 1.08. The Morgan fingerprint density at radius 2 is 1.85 bits per heavy atom. The number of para-hydroxylation sites is 2. The maximum Gasteiger partial charge on any atom is 0.261 e. The maximum atomic E-state index is 12.3. The van der Waals surface area contributed by atoms with E-state index in [4.69, 9.17) is 4.74 Å². The monoisotopic (exact) mass is 351 g/mol. The van der Waals surface area contributed by atoms with Gasteiger partial charge in [0.15, 0.2) is 11.9 Å². The third-order valence-corrected chi connectivity index (χ3v) is 4.24. The number of hydrogen-bond donors (Lipinski definition) is 1. The number of nitrogens with zero attached hydrogens (tertiary/aromatic N) is 2. The van der Waals surface area contributed by atoms with Gasteiger partial charge >= 0.3 is 0 Å². The van der Waals surface area contributed by atoms with Crippen LogP contribution in [0, 0.1) is 0 Å². The number of nitrogens with one attached hydrogen (secondary N) is 1. The molecule has 0 aliphatic carbocycles. The molecule has 0 aliphatic rings. The highest BCUT2D eigenvalue weighted by Crippen LogP contribution is 2.15. The summed E-state index contributed by atoms with van der Waals surface area (Å²) >= 11 is 0. The van der Waals surface area contributed by atoms with Crippen LogP contribution in [0.25, 0.3) is 11.0 Å². The van der Waals surface area contributed by atoms with Crippen molar-refractivity contribution in [2.75, 3.05) is 0 Å². The van der Waals surface area contributed by atoms with Crippen molar-refractivity contribution in [1.82, 2.24) is 14.9 Å². The molecule has 0 unspecified atom stereocenters. The van der Waals surface area contributed by atoms with Crippen molar-refractivity contribution in [1.29, 1.82) is 0 Å². The van der Waals surface area contributed by atoms with Crippen molar-refractivity contribution < 1.29 is 14.3 Å². The Balaban J connectivity index is 1.60. The molecule has 0 saturated carbocycles. The van der Waals surface area contributed by atoms with Crippen LogP contribution in [0.4, 0.5) is 0 Å². The predicted octanol–water partition coefficient (Wildman–Crippen LogP) is 2.86. The molecule has 6 heteroatoms. The first-order valence-electron chi connectivity index (χ1n) is 8.41. The molecule has 2 aromatic carbocycles. The molecule has 0 saturated heterocycles. The Morgan fingerprint density at radius 3 is 2.50 bits per heavy atom. The number of Topliss-reactive ketones (excluding diaryl/α,β-unsaturated/α-hetero) is 1. The molecule has 0 radical (unpaired) electrons. The summed E-state index contributed by atoms with van der Waals surface area (Å²) in [5, 5.41) is 2.85. The highest BCUT2D eigenvalue weighted by molar-refractivity contribution is 5.94. The standard InChI is InChI=1S/C20H21N3O3/c1-13(24)15-8-10-16(11-9-15)26-14(2)20(25)21-12-19-22-17-6-4-5-7-18(17)23(19)3/h4-11,14H,12H2,1-3H3,(H,21,25)/t14-/m1/s1. The molecule has 134 valence electrons. The van der Waals surface area contributed by atoms with Crippen LogP contribution in [0.1, 0.15) is 30.0 Å². The molecule has 26 heavy (non-hydrogen) atoms. The van der Waals surface area contributed by atoms with E-state index in [1.807, 2.05) is 35.9 Å². The smallest absolute Gasteiger partial charge is 0.261 e. The van der Waals surface area contributed by atoms with Gasteiger partial charge in [-0.1, -0.05) is 12.1 Å². The highest BCUT2D eigenvalue weighted by Gasteiger charge is 2.16. The molecule has 3 rings (SSSR count). The molecule has 1 heterocycles. The molecule has 1 N–H and O–H groups in total. The fraction of sp³-hybridized carbons (Fsp3) is 0.250. The first-order chi connectivity index (χ1) is 12.5. The van der Waals surface area contributed by atoms with E-state index in [0.29, 0.717) is 17.9 Å². The number of aromatic nitrogens is 2. The zero-order valence-corrected chi connectivity index (χ0v) is 15.0. The van der Waals surface area contributed by atoms with Gasteiger partial charge in [-0.15, -0.1) is 0 Å². The molecule has 0 fully saturated rings. The molecule has 0 spiro atoms. The number of imidazole rings is 1. The minimum atomic E-state index is -0.659. The van der Waals surface area contributed by atoms with Crippen LogP contribution in [0.2, 0.25) is 0 Å². The average Bonchev–Trinajstić information content (AvgIpc) is 2.96. The van der Waals surface area contributed by atoms with E-state index < -0.39 is 6.10 Å². The van der Waals surface area contributed by atoms with Gasteiger partial charge in [0.05, 0.1) is 17.6 Å². The molecule has 1 atom stereocenters. The van der Waals surface area contributed by atoms with Gasteiger partial charge in [-0.3, -0.25) is 9.59 Å². The number of fused-ring (bicyclic) bond motifs is 1. The van der Waals surface area contributed by atoms with Crippen LogP contribution in [-0.4, -0.2) is 27.3 Å². The zero-order valence-electron chi connectivity index (χ0n) is 15.0. The number of carbonyl (C=O) groups excluding carboxylic acids is 2. The Hall–Kier alpha value is -3.15. The third-order valence-electron chi connectivity index (χ3n) is 4.24. The van der Waals surface area contributed by atoms with Crippen LogP contribution >= 0.6 is 0 Å². The number of carbonyl (C=O) groups is 2. The molecule has 0 aliphatic heterocycles. The van der Waals surface area contributed by atoms with Crippen molar-refractivity contribution in [2.24, 2.45) is 7.05 Å². The molecule has 3 aromatic rings. The fourth-order valence-electron chi connectivity index (χ4n) is 2.69. The van der Waals surface area contributed by atoms with Crippen molar-refractivity contribution in [3.8, 4) is 5.75 Å². The second kappa shape index (κ2) is 7.39. The van der Waals surface area contributed by atoms with Crippen LogP contribution in [0.15, 0.2) is 48.5 Å². The lowest BCUT2D eigenvalue weighted by atomic mass is 10.1. The maximum absolute atomic E-state index is 12.3. The minimum absolute atomic E-state index is 0.00945. The summed E-state index contributed by atoms with van der Waals surface area (Å²) in [7, 11) is 1.92. The summed E-state index contributed by atoms with van der Waals surface area (Å²) in [6, 6.07) is 14.6. The van der Waals surface area contributed by atoms with E-state index in [1.54, 1.807) is 31.2 Å². The van der Waals surface area contributed by atoms with Gasteiger partial charge in [0, 0.05) is 12.6 Å². The molecule has 1 amide bonds. The second-order valence-corrected chi connectivity index (χ2v) is 6.13. The van der Waals surface area contributed by atoms with Crippen molar-refractivity contribution >= 4 is 22.7 Å². The molecule has 6 nitrogen and oxygen atoms in total. The van der Waals surface area contributed by atoms with E-state index in [1.165, 1.54) is 6.92 Å². The summed E-state index contributed by atoms with van der Waals surface area (Å²) in [5.41, 5.74) is 2.53. The van der Waals surface area contributed by atoms with E-state index in [2.05, 4.69) is 10.3 Å². The lowest BCUT2D eigenvalue weighted by Gasteiger charge is -2.15. The Bertz CT molecular complexity index is 945. The van der Waals surface area contributed by atoms with Gasteiger partial charge in [-0.2, -0.15) is 0 Å². The SMILES string of the molecule is CC(=O)c1ccc(O[C@H](C)C(=O)NCc2nc3ccccc3n2C)cc1. The fourth-order valence-corrected chi connectivity index (χ4v) is 2.69. The van der Waals surface area contributed by atoms with Gasteiger partial charge in [0.1, 0.15) is 11.6 Å². The topological polar surface area (TPSA) is 73.2 Å². The summed E-state index contributed by atoms with van der Waals surface area (Å²) in [4.78, 5) is 28.1. The van der Waals surface area contributed by atoms with E-state index in [-0.39, 0.29) is 11.7 Å². The quantitative estimate of drug-likeness (QED) is 0.693. The number of aryl methyl sites for hydroxylation is 1. The van der Waals surface area contributed by atoms with E-state index in [9.17, 15) is 9.59 Å². The van der Waals surface area contributed by atoms with Crippen LogP contribution in [-0.2, 0) is 18.4 Å². The Morgan fingerprint density at radius 1 is 1.15 bits per heavy atom. The van der Waals surface area contributed by atoms with Crippen LogP contribution in [0.5, 0.6) is 5.75 Å². The number of hydrogen-bond acceptors (Lipinski definition) is 4. The van der Waals surface area contributed by atoms with Crippen molar-refractivity contribution in [2.45, 2.75) is 26.5 Å². The lowest BCUT2D eigenvalue weighted by molar-refractivity contribution is -0.127. The van der Waals surface area contributed by atoms with Crippen molar-refractivity contribution in [3.05, 3.63) is 59.9 Å². The Labute approximate surface area is 151 Å². The number of benzene rings is 2. The largest absolute Gasteiger partial charge is 0.481 e. The second-order valence-electron chi connectivity index (χ2n) is 6.13. The number of ketones is 1. The number of rotatable bonds is 6. The molecule has 0 bridgehead atoms. The summed E-state index contributed by atoms with van der Waals surface area (Å²) in [6.45, 7) is 3.51. The first kappa shape index (κ1) is 17.7. The molecular formula is C20H21N3O3. The van der Waals surface area contributed by atoms with Crippen LogP contribution < -0.4 is 10.1 Å². The van der Waals surface area contributed by atoms with Crippen LogP contribution in [0.3, 0.4) is 0 Å². The molecular weight excluding hydrogens is 330 g/mol. The summed E-state index contributed by atoms with van der Waals surface area (Å²) < 4.78 is 7.60. The van der Waals surface area contributed by atoms with Gasteiger partial charge in [0.25, 0.3) is 5.91 Å². The van der Waals surface area contributed by atoms with E-state index in [0.717, 1.165) is 16.9 Å². The lowest BCUT2D eigenvalue weighted by Crippen LogP contribution is -2.36. The van der Waals surface area contributed by atoms with Gasteiger partial charge in [-0.05, 0) is 50.2 Å². The first-order valence-corrected chi connectivity index (χ1v) is 8.41. The van der Waals surface area contributed by atoms with E-state index >= 15 is 0 Å². The van der Waals surface area contributed by atoms with Gasteiger partial charge < -0.3 is 14.6 Å².